The molecule has 7 nitrogen and oxygen atoms in total. The van der Waals surface area contributed by atoms with E-state index in [2.05, 4.69) is 25.2 Å². The first-order valence-electron chi connectivity index (χ1n) is 11.3. The molecule has 1 amide bonds. The Morgan fingerprint density at radius 2 is 1.78 bits per heavy atom. The van der Waals surface area contributed by atoms with Gasteiger partial charge in [-0.25, -0.2) is 15.0 Å². The number of anilines is 2. The molecule has 8 heteroatoms. The second-order valence-corrected chi connectivity index (χ2v) is 8.97. The molecule has 1 N–H and O–H groups in total. The molecule has 0 unspecified atom stereocenters. The predicted molar refractivity (Wildman–Crippen MR) is 127 cm³/mol. The number of piperidine rings is 1. The molecule has 5 rings (SSSR count). The summed E-state index contributed by atoms with van der Waals surface area (Å²) in [5, 5.41) is 4.94. The van der Waals surface area contributed by atoms with Crippen LogP contribution < -0.4 is 10.2 Å². The van der Waals surface area contributed by atoms with Gasteiger partial charge in [-0.05, 0) is 49.4 Å². The van der Waals surface area contributed by atoms with Crippen LogP contribution in [-0.2, 0) is 11.3 Å². The minimum atomic E-state index is 0.138. The number of nitrogens with zero attached hydrogens (tertiary/aromatic N) is 5. The van der Waals surface area contributed by atoms with Gasteiger partial charge in [0.1, 0.15) is 5.82 Å². The Kier molecular flexibility index (Phi) is 6.08. The Labute approximate surface area is 192 Å². The lowest BCUT2D eigenvalue weighted by Gasteiger charge is -2.34. The van der Waals surface area contributed by atoms with Crippen LogP contribution >= 0.6 is 11.6 Å². The van der Waals surface area contributed by atoms with Crippen LogP contribution in [0.3, 0.4) is 0 Å². The lowest BCUT2D eigenvalue weighted by molar-refractivity contribution is -0.135. The van der Waals surface area contributed by atoms with Gasteiger partial charge in [0, 0.05) is 56.1 Å². The van der Waals surface area contributed by atoms with Gasteiger partial charge in [-0.3, -0.25) is 4.79 Å². The third kappa shape index (κ3) is 4.48. The number of hydrogen-bond acceptors (Lipinski definition) is 6. The molecule has 1 aromatic carbocycles. The molecule has 2 aromatic heterocycles. The van der Waals surface area contributed by atoms with Crippen molar-refractivity contribution in [1.29, 1.82) is 0 Å². The van der Waals surface area contributed by atoms with Gasteiger partial charge in [-0.2, -0.15) is 0 Å². The highest BCUT2D eigenvalue weighted by molar-refractivity contribution is 6.30. The Hall–Kier alpha value is -2.93. The maximum absolute atomic E-state index is 12.7. The third-order valence-electron chi connectivity index (χ3n) is 6.41. The van der Waals surface area contributed by atoms with E-state index < -0.39 is 0 Å². The third-order valence-corrected chi connectivity index (χ3v) is 6.67. The Balaban J connectivity index is 1.25. The van der Waals surface area contributed by atoms with Gasteiger partial charge in [0.25, 0.3) is 0 Å². The van der Waals surface area contributed by atoms with Gasteiger partial charge in [0.2, 0.25) is 11.9 Å². The minimum Gasteiger partial charge on any atom is -0.356 e. The molecule has 0 bridgehead atoms. The van der Waals surface area contributed by atoms with Crippen LogP contribution in [0.5, 0.6) is 0 Å². The zero-order chi connectivity index (χ0) is 21.9. The summed E-state index contributed by atoms with van der Waals surface area (Å²) in [4.78, 5) is 30.9. The predicted octanol–water partition coefficient (Wildman–Crippen LogP) is 4.13. The lowest BCUT2D eigenvalue weighted by atomic mass is 9.95. The molecular formula is C24H27ClN6O. The number of pyridine rings is 1. The number of carbonyl (C=O) groups excluding carboxylic acids is 1. The molecule has 2 fully saturated rings. The number of rotatable bonds is 5. The number of likely N-dealkylation sites (tertiary alicyclic amines) is 1. The van der Waals surface area contributed by atoms with Gasteiger partial charge in [-0.15, -0.1) is 0 Å². The molecule has 166 valence electrons. The zero-order valence-corrected chi connectivity index (χ0v) is 18.8. The molecule has 0 saturated carbocycles. The fraction of sp³-hybridized carbons (Fsp3) is 0.417. The van der Waals surface area contributed by atoms with Crippen molar-refractivity contribution in [2.45, 2.75) is 32.2 Å². The summed E-state index contributed by atoms with van der Waals surface area (Å²) in [6.45, 7) is 4.13. The number of benzene rings is 1. The Morgan fingerprint density at radius 1 is 1.03 bits per heavy atom. The van der Waals surface area contributed by atoms with Crippen LogP contribution in [0.2, 0.25) is 5.02 Å². The van der Waals surface area contributed by atoms with E-state index in [0.717, 1.165) is 79.2 Å². The first-order valence-corrected chi connectivity index (χ1v) is 11.7. The summed E-state index contributed by atoms with van der Waals surface area (Å²) in [6.07, 6.45) is 7.66. The molecule has 2 aliphatic heterocycles. The number of nitrogens with one attached hydrogen (secondary N) is 1. The van der Waals surface area contributed by atoms with E-state index in [9.17, 15) is 4.79 Å². The number of halogens is 1. The minimum absolute atomic E-state index is 0.138. The van der Waals surface area contributed by atoms with Crippen molar-refractivity contribution in [1.82, 2.24) is 19.9 Å². The molecule has 32 heavy (non-hydrogen) atoms. The second kappa shape index (κ2) is 9.28. The molecular weight excluding hydrogens is 424 g/mol. The van der Waals surface area contributed by atoms with E-state index in [4.69, 9.17) is 11.6 Å². The average Bonchev–Trinajstić information content (AvgIpc) is 3.38. The SMILES string of the molecule is O=C(C1CCN(c2nccc3nc(NCc4ccc(Cl)cc4)ncc23)CC1)N1CCCC1. The number of fused-ring (bicyclic) bond motifs is 1. The summed E-state index contributed by atoms with van der Waals surface area (Å²) in [5.41, 5.74) is 1.97. The van der Waals surface area contributed by atoms with E-state index in [-0.39, 0.29) is 5.92 Å². The first-order chi connectivity index (χ1) is 15.7. The highest BCUT2D eigenvalue weighted by atomic mass is 35.5. The van der Waals surface area contributed by atoms with Gasteiger partial charge in [0.05, 0.1) is 10.9 Å². The van der Waals surface area contributed by atoms with Gasteiger partial charge >= 0.3 is 0 Å². The molecule has 0 atom stereocenters. The van der Waals surface area contributed by atoms with Crippen LogP contribution in [0.1, 0.15) is 31.2 Å². The Bertz CT molecular complexity index is 1090. The monoisotopic (exact) mass is 450 g/mol. The summed E-state index contributed by atoms with van der Waals surface area (Å²) in [7, 11) is 0. The zero-order valence-electron chi connectivity index (χ0n) is 18.0. The molecule has 4 heterocycles. The first kappa shape index (κ1) is 20.9. The summed E-state index contributed by atoms with van der Waals surface area (Å²) in [6, 6.07) is 9.63. The highest BCUT2D eigenvalue weighted by Gasteiger charge is 2.30. The van der Waals surface area contributed by atoms with Crippen molar-refractivity contribution in [3.05, 3.63) is 53.3 Å². The topological polar surface area (TPSA) is 74.2 Å². The Morgan fingerprint density at radius 3 is 2.53 bits per heavy atom. The van der Waals surface area contributed by atoms with Crippen molar-refractivity contribution in [3.8, 4) is 0 Å². The number of amides is 1. The summed E-state index contributed by atoms with van der Waals surface area (Å²) < 4.78 is 0. The molecule has 2 saturated heterocycles. The van der Waals surface area contributed by atoms with Gasteiger partial charge in [0.15, 0.2) is 0 Å². The van der Waals surface area contributed by atoms with Crippen LogP contribution in [0.25, 0.3) is 10.9 Å². The van der Waals surface area contributed by atoms with Gasteiger partial charge in [-0.1, -0.05) is 23.7 Å². The fourth-order valence-corrected chi connectivity index (χ4v) is 4.72. The molecule has 0 aliphatic carbocycles. The molecule has 0 spiro atoms. The van der Waals surface area contributed by atoms with E-state index in [0.29, 0.717) is 18.4 Å². The van der Waals surface area contributed by atoms with Crippen molar-refractivity contribution in [2.75, 3.05) is 36.4 Å². The smallest absolute Gasteiger partial charge is 0.225 e. The second-order valence-electron chi connectivity index (χ2n) is 8.53. The molecule has 2 aliphatic rings. The van der Waals surface area contributed by atoms with Crippen molar-refractivity contribution < 1.29 is 4.79 Å². The number of hydrogen-bond donors (Lipinski definition) is 1. The van der Waals surface area contributed by atoms with Crippen molar-refractivity contribution in [2.24, 2.45) is 5.92 Å². The van der Waals surface area contributed by atoms with Crippen LogP contribution in [0, 0.1) is 5.92 Å². The maximum atomic E-state index is 12.7. The van der Waals surface area contributed by atoms with E-state index in [1.807, 2.05) is 41.4 Å². The van der Waals surface area contributed by atoms with Crippen LogP contribution in [-0.4, -0.2) is 51.9 Å². The number of carbonyl (C=O) groups is 1. The average molecular weight is 451 g/mol. The van der Waals surface area contributed by atoms with E-state index >= 15 is 0 Å². The largest absolute Gasteiger partial charge is 0.356 e. The lowest BCUT2D eigenvalue weighted by Crippen LogP contribution is -2.42. The van der Waals surface area contributed by atoms with Crippen LogP contribution in [0.4, 0.5) is 11.8 Å². The summed E-state index contributed by atoms with van der Waals surface area (Å²) in [5.74, 6) is 1.96. The molecule has 3 aromatic rings. The molecule has 0 radical (unpaired) electrons. The highest BCUT2D eigenvalue weighted by Crippen LogP contribution is 2.29. The van der Waals surface area contributed by atoms with Gasteiger partial charge < -0.3 is 15.1 Å². The normalized spacial score (nSPS) is 17.2. The van der Waals surface area contributed by atoms with E-state index in [1.165, 1.54) is 0 Å². The standard InChI is InChI=1S/C24H27ClN6O/c25-19-5-3-17(4-6-19)15-27-24-28-16-20-21(29-24)7-10-26-22(20)30-13-8-18(9-14-30)23(32)31-11-1-2-12-31/h3-7,10,16,18H,1-2,8-9,11-15H2,(H,27,28,29). The van der Waals surface area contributed by atoms with Crippen LogP contribution in [0.15, 0.2) is 42.7 Å². The van der Waals surface area contributed by atoms with Crippen molar-refractivity contribution in [3.63, 3.8) is 0 Å². The summed E-state index contributed by atoms with van der Waals surface area (Å²) >= 11 is 5.95. The number of aromatic nitrogens is 3. The maximum Gasteiger partial charge on any atom is 0.225 e. The fourth-order valence-electron chi connectivity index (χ4n) is 4.60. The quantitative estimate of drug-likeness (QED) is 0.630. The van der Waals surface area contributed by atoms with Crippen molar-refractivity contribution >= 4 is 40.2 Å². The van der Waals surface area contributed by atoms with E-state index in [1.54, 1.807) is 6.20 Å².